The molecule has 2 rings (SSSR count). The van der Waals surface area contributed by atoms with E-state index < -0.39 is 0 Å². The van der Waals surface area contributed by atoms with Gasteiger partial charge in [0.1, 0.15) is 0 Å². The predicted molar refractivity (Wildman–Crippen MR) is 91.9 cm³/mol. The van der Waals surface area contributed by atoms with Crippen LogP contribution in [0, 0.1) is 11.3 Å². The van der Waals surface area contributed by atoms with Crippen molar-refractivity contribution >= 4 is 11.8 Å². The Morgan fingerprint density at radius 1 is 1.26 bits per heavy atom. The van der Waals surface area contributed by atoms with Gasteiger partial charge in [0.15, 0.2) is 0 Å². The summed E-state index contributed by atoms with van der Waals surface area (Å²) in [5, 5.41) is 6.27. The quantitative estimate of drug-likeness (QED) is 0.775. The number of carbonyl (C=O) groups is 2. The summed E-state index contributed by atoms with van der Waals surface area (Å²) >= 11 is 0. The maximum atomic E-state index is 12.3. The zero-order chi connectivity index (χ0) is 16.9. The van der Waals surface area contributed by atoms with Crippen molar-refractivity contribution in [2.24, 2.45) is 11.3 Å². The number of piperidine rings is 1. The Kier molecular flexibility index (Phi) is 6.22. The largest absolute Gasteiger partial charge is 0.354 e. The minimum absolute atomic E-state index is 0.0209. The predicted octanol–water partition coefficient (Wildman–Crippen LogP) is 1.70. The minimum atomic E-state index is -0.0222. The summed E-state index contributed by atoms with van der Waals surface area (Å²) in [5.41, 5.74) is 0.0209. The molecule has 23 heavy (non-hydrogen) atoms. The zero-order valence-corrected chi connectivity index (χ0v) is 14.7. The number of hydrogen-bond donors (Lipinski definition) is 2. The molecule has 5 nitrogen and oxygen atoms in total. The molecular formula is C18H31N3O2. The van der Waals surface area contributed by atoms with E-state index in [1.807, 2.05) is 11.0 Å². The number of nitrogens with zero attached hydrogens (tertiary/aromatic N) is 1. The molecule has 0 saturated carbocycles. The van der Waals surface area contributed by atoms with Crippen LogP contribution in [0.15, 0.2) is 12.2 Å². The maximum absolute atomic E-state index is 12.3. The summed E-state index contributed by atoms with van der Waals surface area (Å²) in [6.45, 7) is 9.43. The molecular weight excluding hydrogens is 290 g/mol. The highest BCUT2D eigenvalue weighted by Gasteiger charge is 2.25. The Labute approximate surface area is 139 Å². The summed E-state index contributed by atoms with van der Waals surface area (Å²) in [7, 11) is 0. The van der Waals surface area contributed by atoms with Crippen molar-refractivity contribution in [1.82, 2.24) is 15.5 Å². The molecule has 2 atom stereocenters. The third kappa shape index (κ3) is 5.98. The van der Waals surface area contributed by atoms with Crippen LogP contribution < -0.4 is 10.6 Å². The van der Waals surface area contributed by atoms with Gasteiger partial charge in [-0.3, -0.25) is 9.59 Å². The van der Waals surface area contributed by atoms with Gasteiger partial charge in [0, 0.05) is 19.6 Å². The molecule has 130 valence electrons. The first-order valence-corrected chi connectivity index (χ1v) is 8.84. The van der Waals surface area contributed by atoms with Crippen LogP contribution in [0.2, 0.25) is 0 Å². The van der Waals surface area contributed by atoms with Crippen molar-refractivity contribution in [2.45, 2.75) is 52.5 Å². The fourth-order valence-corrected chi connectivity index (χ4v) is 3.14. The number of hydrogen-bond acceptors (Lipinski definition) is 3. The molecule has 2 aliphatic rings. The average molecular weight is 321 g/mol. The van der Waals surface area contributed by atoms with E-state index in [1.165, 1.54) is 0 Å². The fourth-order valence-electron chi connectivity index (χ4n) is 3.14. The summed E-state index contributed by atoms with van der Waals surface area (Å²) in [6, 6.07) is -0.0222. The van der Waals surface area contributed by atoms with Crippen molar-refractivity contribution in [3.63, 3.8) is 0 Å². The number of carbonyl (C=O) groups excluding carboxylic acids is 2. The minimum Gasteiger partial charge on any atom is -0.354 e. The second kappa shape index (κ2) is 7.95. The van der Waals surface area contributed by atoms with E-state index in [2.05, 4.69) is 31.4 Å². The molecule has 2 amide bonds. The number of amides is 2. The molecule has 2 N–H and O–H groups in total. The zero-order valence-electron chi connectivity index (χ0n) is 14.7. The van der Waals surface area contributed by atoms with Gasteiger partial charge in [-0.2, -0.15) is 0 Å². The highest BCUT2D eigenvalue weighted by molar-refractivity contribution is 5.87. The van der Waals surface area contributed by atoms with Crippen LogP contribution in [-0.4, -0.2) is 48.9 Å². The standard InChI is InChI=1S/C18H31N3O2/c1-18(2,3)9-8-16(22)21-11-5-6-14(13-21)12-20-17(23)15-7-4-10-19-15/h8-9,14-15,19H,4-7,10-13H2,1-3H3,(H,20,23). The van der Waals surface area contributed by atoms with Gasteiger partial charge in [-0.1, -0.05) is 26.8 Å². The molecule has 0 bridgehead atoms. The normalized spacial score (nSPS) is 25.8. The summed E-state index contributed by atoms with van der Waals surface area (Å²) in [5.74, 6) is 0.563. The number of nitrogens with one attached hydrogen (secondary N) is 2. The first-order valence-electron chi connectivity index (χ1n) is 8.84. The molecule has 2 unspecified atom stereocenters. The number of rotatable bonds is 4. The van der Waals surface area contributed by atoms with Crippen LogP contribution in [-0.2, 0) is 9.59 Å². The lowest BCUT2D eigenvalue weighted by molar-refractivity contribution is -0.127. The van der Waals surface area contributed by atoms with Gasteiger partial charge in [0.25, 0.3) is 0 Å². The van der Waals surface area contributed by atoms with Gasteiger partial charge in [-0.25, -0.2) is 0 Å². The van der Waals surface area contributed by atoms with Gasteiger partial charge < -0.3 is 15.5 Å². The fraction of sp³-hybridized carbons (Fsp3) is 0.778. The molecule has 2 fully saturated rings. The molecule has 0 aromatic heterocycles. The average Bonchev–Trinajstić information content (AvgIpc) is 3.04. The SMILES string of the molecule is CC(C)(C)C=CC(=O)N1CCCC(CNC(=O)C2CCCN2)C1. The maximum Gasteiger partial charge on any atom is 0.246 e. The molecule has 2 saturated heterocycles. The summed E-state index contributed by atoms with van der Waals surface area (Å²) < 4.78 is 0. The second-order valence-corrected chi connectivity index (χ2v) is 7.89. The summed E-state index contributed by atoms with van der Waals surface area (Å²) in [6.07, 6.45) is 7.75. The monoisotopic (exact) mass is 321 g/mol. The number of likely N-dealkylation sites (tertiary alicyclic amines) is 1. The van der Waals surface area contributed by atoms with Gasteiger partial charge in [0.2, 0.25) is 11.8 Å². The highest BCUT2D eigenvalue weighted by Crippen LogP contribution is 2.18. The third-order valence-corrected chi connectivity index (χ3v) is 4.50. The van der Waals surface area contributed by atoms with E-state index in [-0.39, 0.29) is 23.3 Å². The summed E-state index contributed by atoms with van der Waals surface area (Å²) in [4.78, 5) is 26.2. The molecule has 5 heteroatoms. The Bertz CT molecular complexity index is 448. The van der Waals surface area contributed by atoms with E-state index in [1.54, 1.807) is 6.08 Å². The van der Waals surface area contributed by atoms with Crippen molar-refractivity contribution in [1.29, 1.82) is 0 Å². The number of allylic oxidation sites excluding steroid dienone is 1. The first-order chi connectivity index (χ1) is 10.8. The second-order valence-electron chi connectivity index (χ2n) is 7.89. The lowest BCUT2D eigenvalue weighted by Crippen LogP contribution is -2.46. The molecule has 0 aromatic rings. The van der Waals surface area contributed by atoms with Crippen LogP contribution in [0.25, 0.3) is 0 Å². The molecule has 0 aliphatic carbocycles. The van der Waals surface area contributed by atoms with E-state index >= 15 is 0 Å². The smallest absolute Gasteiger partial charge is 0.246 e. The van der Waals surface area contributed by atoms with Gasteiger partial charge in [0.05, 0.1) is 6.04 Å². The van der Waals surface area contributed by atoms with Crippen LogP contribution in [0.1, 0.15) is 46.5 Å². The first kappa shape index (κ1) is 18.0. The molecule has 0 aromatic carbocycles. The Morgan fingerprint density at radius 3 is 2.70 bits per heavy atom. The Morgan fingerprint density at radius 2 is 2.04 bits per heavy atom. The Balaban J connectivity index is 1.77. The Hall–Kier alpha value is -1.36. The van der Waals surface area contributed by atoms with E-state index in [0.29, 0.717) is 12.5 Å². The van der Waals surface area contributed by atoms with Gasteiger partial charge in [-0.05, 0) is 49.6 Å². The third-order valence-electron chi connectivity index (χ3n) is 4.50. The van der Waals surface area contributed by atoms with Gasteiger partial charge in [-0.15, -0.1) is 0 Å². The van der Waals surface area contributed by atoms with Crippen LogP contribution in [0.5, 0.6) is 0 Å². The lowest BCUT2D eigenvalue weighted by atomic mass is 9.95. The molecule has 0 spiro atoms. The molecule has 2 heterocycles. The van der Waals surface area contributed by atoms with E-state index in [0.717, 1.165) is 45.3 Å². The topological polar surface area (TPSA) is 61.4 Å². The van der Waals surface area contributed by atoms with Crippen LogP contribution in [0.4, 0.5) is 0 Å². The molecule has 2 aliphatic heterocycles. The van der Waals surface area contributed by atoms with Crippen LogP contribution in [0.3, 0.4) is 0 Å². The van der Waals surface area contributed by atoms with E-state index in [9.17, 15) is 9.59 Å². The highest BCUT2D eigenvalue weighted by atomic mass is 16.2. The van der Waals surface area contributed by atoms with Crippen molar-refractivity contribution in [2.75, 3.05) is 26.2 Å². The van der Waals surface area contributed by atoms with Crippen molar-refractivity contribution < 1.29 is 9.59 Å². The van der Waals surface area contributed by atoms with Crippen LogP contribution >= 0.6 is 0 Å². The molecule has 0 radical (unpaired) electrons. The lowest BCUT2D eigenvalue weighted by Gasteiger charge is -2.32. The van der Waals surface area contributed by atoms with Crippen molar-refractivity contribution in [3.05, 3.63) is 12.2 Å². The van der Waals surface area contributed by atoms with Crippen molar-refractivity contribution in [3.8, 4) is 0 Å². The van der Waals surface area contributed by atoms with Gasteiger partial charge >= 0.3 is 0 Å². The van der Waals surface area contributed by atoms with E-state index in [4.69, 9.17) is 0 Å².